The predicted octanol–water partition coefficient (Wildman–Crippen LogP) is 3.47. The minimum absolute atomic E-state index is 0.399. The number of benzene rings is 1. The van der Waals surface area contributed by atoms with Gasteiger partial charge in [-0.2, -0.15) is 0 Å². The molecular formula is C10H12I3NO. The highest BCUT2D eigenvalue weighted by Crippen LogP contribution is 2.29. The first kappa shape index (κ1) is 14.2. The third-order valence-corrected chi connectivity index (χ3v) is 4.10. The molecule has 1 atom stereocenters. The second-order valence-corrected chi connectivity index (χ2v) is 6.92. The van der Waals surface area contributed by atoms with Crippen LogP contribution in [0.2, 0.25) is 0 Å². The highest BCUT2D eigenvalue weighted by Gasteiger charge is 2.09. The molecule has 5 heteroatoms. The lowest BCUT2D eigenvalue weighted by Gasteiger charge is -2.14. The fourth-order valence-corrected chi connectivity index (χ4v) is 4.85. The molecule has 1 unspecified atom stereocenters. The molecule has 1 aromatic rings. The Morgan fingerprint density at radius 3 is 2.27 bits per heavy atom. The molecule has 0 bridgehead atoms. The molecule has 1 aromatic carbocycles. The van der Waals surface area contributed by atoms with Crippen LogP contribution in [0.25, 0.3) is 0 Å². The molecule has 0 radical (unpaired) electrons. The van der Waals surface area contributed by atoms with E-state index >= 15 is 0 Å². The smallest absolute Gasteiger partial charge is 0.146 e. The number of nitrogens with two attached hydrogens (primary N) is 1. The van der Waals surface area contributed by atoms with Crippen molar-refractivity contribution in [1.29, 1.82) is 0 Å². The van der Waals surface area contributed by atoms with E-state index < -0.39 is 0 Å². The molecule has 0 saturated heterocycles. The van der Waals surface area contributed by atoms with Gasteiger partial charge in [-0.05, 0) is 86.5 Å². The van der Waals surface area contributed by atoms with Crippen molar-refractivity contribution in [2.75, 3.05) is 13.2 Å². The maximum Gasteiger partial charge on any atom is 0.146 e. The van der Waals surface area contributed by atoms with Gasteiger partial charge < -0.3 is 10.5 Å². The average molecular weight is 543 g/mol. The van der Waals surface area contributed by atoms with E-state index in [1.165, 1.54) is 3.57 Å². The number of halogens is 3. The Balaban J connectivity index is 2.77. The van der Waals surface area contributed by atoms with Crippen LogP contribution < -0.4 is 10.5 Å². The van der Waals surface area contributed by atoms with Crippen molar-refractivity contribution in [1.82, 2.24) is 0 Å². The molecule has 84 valence electrons. The molecule has 0 spiro atoms. The largest absolute Gasteiger partial charge is 0.491 e. The van der Waals surface area contributed by atoms with Crippen LogP contribution in [-0.2, 0) is 0 Å². The molecule has 0 aliphatic rings. The maximum absolute atomic E-state index is 5.78. The summed E-state index contributed by atoms with van der Waals surface area (Å²) in [5.74, 6) is 1.38. The summed E-state index contributed by atoms with van der Waals surface area (Å²) in [6.07, 6.45) is 0. The van der Waals surface area contributed by atoms with Crippen LogP contribution in [0.1, 0.15) is 6.92 Å². The minimum Gasteiger partial charge on any atom is -0.491 e. The molecule has 0 saturated carbocycles. The normalized spacial score (nSPS) is 12.6. The molecule has 0 aliphatic carbocycles. The molecule has 1 rings (SSSR count). The van der Waals surface area contributed by atoms with E-state index in [0.29, 0.717) is 19.1 Å². The molecular weight excluding hydrogens is 531 g/mol. The summed E-state index contributed by atoms with van der Waals surface area (Å²) >= 11 is 6.92. The summed E-state index contributed by atoms with van der Waals surface area (Å²) in [4.78, 5) is 0. The molecule has 15 heavy (non-hydrogen) atoms. The number of hydrogen-bond donors (Lipinski definition) is 1. The molecule has 0 aliphatic heterocycles. The summed E-state index contributed by atoms with van der Waals surface area (Å²) in [7, 11) is 0. The number of rotatable bonds is 4. The zero-order valence-corrected chi connectivity index (χ0v) is 14.7. The summed E-state index contributed by atoms with van der Waals surface area (Å²) in [5, 5.41) is 0. The van der Waals surface area contributed by atoms with E-state index in [1.54, 1.807) is 0 Å². The van der Waals surface area contributed by atoms with E-state index in [-0.39, 0.29) is 0 Å². The van der Waals surface area contributed by atoms with E-state index in [4.69, 9.17) is 10.5 Å². The van der Waals surface area contributed by atoms with Crippen molar-refractivity contribution in [3.8, 4) is 5.75 Å². The fraction of sp³-hybridized carbons (Fsp3) is 0.400. The molecule has 0 heterocycles. The zero-order chi connectivity index (χ0) is 11.4. The zero-order valence-electron chi connectivity index (χ0n) is 8.27. The third-order valence-electron chi connectivity index (χ3n) is 1.88. The van der Waals surface area contributed by atoms with Gasteiger partial charge in [0.15, 0.2) is 0 Å². The van der Waals surface area contributed by atoms with Gasteiger partial charge in [-0.25, -0.2) is 0 Å². The third kappa shape index (κ3) is 4.50. The SMILES string of the molecule is CC(CN)COc1c(I)cc(I)cc1I. The van der Waals surface area contributed by atoms with Gasteiger partial charge in [0.25, 0.3) is 0 Å². The topological polar surface area (TPSA) is 35.2 Å². The first-order valence-electron chi connectivity index (χ1n) is 4.52. The molecule has 2 nitrogen and oxygen atoms in total. The highest BCUT2D eigenvalue weighted by molar-refractivity contribution is 14.1. The first-order valence-corrected chi connectivity index (χ1v) is 7.75. The van der Waals surface area contributed by atoms with Crippen LogP contribution in [0.15, 0.2) is 12.1 Å². The average Bonchev–Trinajstić information content (AvgIpc) is 2.15. The summed E-state index contributed by atoms with van der Waals surface area (Å²) in [6.45, 7) is 3.44. The van der Waals surface area contributed by atoms with Crippen LogP contribution in [0.4, 0.5) is 0 Å². The van der Waals surface area contributed by atoms with E-state index in [9.17, 15) is 0 Å². The van der Waals surface area contributed by atoms with Gasteiger partial charge >= 0.3 is 0 Å². The van der Waals surface area contributed by atoms with Gasteiger partial charge in [0, 0.05) is 9.49 Å². The lowest BCUT2D eigenvalue weighted by Crippen LogP contribution is -2.18. The van der Waals surface area contributed by atoms with Crippen LogP contribution >= 0.6 is 67.8 Å². The van der Waals surface area contributed by atoms with Crippen LogP contribution in [0.5, 0.6) is 5.75 Å². The predicted molar refractivity (Wildman–Crippen MR) is 88.3 cm³/mol. The Hall–Kier alpha value is 1.17. The Morgan fingerprint density at radius 2 is 1.80 bits per heavy atom. The van der Waals surface area contributed by atoms with Crippen LogP contribution in [0.3, 0.4) is 0 Å². The van der Waals surface area contributed by atoms with E-state index in [1.807, 2.05) is 0 Å². The van der Waals surface area contributed by atoms with Gasteiger partial charge in [0.1, 0.15) is 5.75 Å². The van der Waals surface area contributed by atoms with Gasteiger partial charge in [-0.3, -0.25) is 0 Å². The first-order chi connectivity index (χ1) is 7.04. The van der Waals surface area contributed by atoms with Crippen molar-refractivity contribution < 1.29 is 4.74 Å². The van der Waals surface area contributed by atoms with E-state index in [2.05, 4.69) is 86.8 Å². The Labute approximate surface area is 131 Å². The van der Waals surface area contributed by atoms with Gasteiger partial charge in [-0.1, -0.05) is 6.92 Å². The molecule has 0 amide bonds. The Kier molecular flexibility index (Phi) is 6.45. The fourth-order valence-electron chi connectivity index (χ4n) is 0.960. The minimum atomic E-state index is 0.399. The molecule has 2 N–H and O–H groups in total. The summed E-state index contributed by atoms with van der Waals surface area (Å²) in [5.41, 5.74) is 5.55. The molecule has 0 fully saturated rings. The van der Waals surface area contributed by atoms with Crippen LogP contribution in [-0.4, -0.2) is 13.2 Å². The van der Waals surface area contributed by atoms with Gasteiger partial charge in [0.2, 0.25) is 0 Å². The van der Waals surface area contributed by atoms with Gasteiger partial charge in [-0.15, -0.1) is 0 Å². The van der Waals surface area contributed by atoms with Crippen molar-refractivity contribution >= 4 is 67.8 Å². The molecule has 0 aromatic heterocycles. The second kappa shape index (κ2) is 6.80. The Morgan fingerprint density at radius 1 is 1.27 bits per heavy atom. The number of hydrogen-bond acceptors (Lipinski definition) is 2. The summed E-state index contributed by atoms with van der Waals surface area (Å²) in [6, 6.07) is 4.23. The van der Waals surface area contributed by atoms with Crippen molar-refractivity contribution in [2.24, 2.45) is 11.7 Å². The quantitative estimate of drug-likeness (QED) is 0.592. The lowest BCUT2D eigenvalue weighted by atomic mass is 10.2. The Bertz CT molecular complexity index is 320. The second-order valence-electron chi connectivity index (χ2n) is 3.35. The maximum atomic E-state index is 5.78. The van der Waals surface area contributed by atoms with Crippen molar-refractivity contribution in [3.05, 3.63) is 22.8 Å². The highest BCUT2D eigenvalue weighted by atomic mass is 127. The van der Waals surface area contributed by atoms with Gasteiger partial charge in [0.05, 0.1) is 13.7 Å². The van der Waals surface area contributed by atoms with Crippen molar-refractivity contribution in [3.63, 3.8) is 0 Å². The van der Waals surface area contributed by atoms with Crippen LogP contribution in [0, 0.1) is 16.6 Å². The lowest BCUT2D eigenvalue weighted by molar-refractivity contribution is 0.260. The number of ether oxygens (including phenoxy) is 1. The van der Waals surface area contributed by atoms with E-state index in [0.717, 1.165) is 12.9 Å². The monoisotopic (exact) mass is 543 g/mol. The summed E-state index contributed by atoms with van der Waals surface area (Å²) < 4.78 is 9.33. The standard InChI is InChI=1S/C10H12I3NO/c1-6(4-14)5-15-10-8(12)2-7(11)3-9(10)13/h2-3,6H,4-5,14H2,1H3. The van der Waals surface area contributed by atoms with Crippen molar-refractivity contribution in [2.45, 2.75) is 6.92 Å².